The number of rotatable bonds is 1. The molecule has 0 atom stereocenters. The molecule has 0 amide bonds. The molecule has 0 bridgehead atoms. The molecule has 2 aromatic rings. The minimum absolute atomic E-state index is 0.0103. The molecule has 0 fully saturated rings. The molecule has 0 radical (unpaired) electrons. The molecule has 0 aliphatic carbocycles. The summed E-state index contributed by atoms with van der Waals surface area (Å²) in [6.45, 7) is 1.97. The van der Waals surface area contributed by atoms with Crippen molar-refractivity contribution in [2.75, 3.05) is 0 Å². The first-order chi connectivity index (χ1) is 7.16. The summed E-state index contributed by atoms with van der Waals surface area (Å²) in [5.74, 6) is -0.0103. The van der Waals surface area contributed by atoms with Crippen molar-refractivity contribution < 1.29 is 5.11 Å². The summed E-state index contributed by atoms with van der Waals surface area (Å²) >= 11 is 0. The van der Waals surface area contributed by atoms with E-state index < -0.39 is 0 Å². The lowest BCUT2D eigenvalue weighted by atomic mass is 10.2. The maximum Gasteiger partial charge on any atom is 0.258 e. The van der Waals surface area contributed by atoms with Crippen molar-refractivity contribution in [3.63, 3.8) is 0 Å². The zero-order valence-electron chi connectivity index (χ0n) is 8.34. The quantitative estimate of drug-likeness (QED) is 0.765. The summed E-state index contributed by atoms with van der Waals surface area (Å²) in [6, 6.07) is 10.3. The molecule has 76 valence electrons. The van der Waals surface area contributed by atoms with E-state index in [1.54, 1.807) is 6.20 Å². The summed E-state index contributed by atoms with van der Waals surface area (Å²) in [6.07, 6.45) is 1.56. The van der Waals surface area contributed by atoms with Gasteiger partial charge in [-0.2, -0.15) is 0 Å². The molecule has 0 saturated heterocycles. The highest BCUT2D eigenvalue weighted by molar-refractivity contribution is 5.36. The Bertz CT molecular complexity index is 543. The highest BCUT2D eigenvalue weighted by Gasteiger charge is 1.99. The fourth-order valence-electron chi connectivity index (χ4n) is 1.46. The average Bonchev–Trinajstić information content (AvgIpc) is 2.17. The number of aromatic nitrogens is 1. The van der Waals surface area contributed by atoms with Crippen LogP contribution in [0.3, 0.4) is 0 Å². The number of pyridine rings is 1. The SMILES string of the molecule is Cc1cccc(-n2ccc(O)cc2=O)c1. The van der Waals surface area contributed by atoms with Gasteiger partial charge >= 0.3 is 0 Å². The van der Waals surface area contributed by atoms with Crippen molar-refractivity contribution in [1.82, 2.24) is 4.57 Å². The Morgan fingerprint density at radius 2 is 2.00 bits per heavy atom. The molecule has 3 nitrogen and oxygen atoms in total. The zero-order valence-corrected chi connectivity index (χ0v) is 8.34. The molecule has 1 aromatic carbocycles. The Kier molecular flexibility index (Phi) is 2.29. The normalized spacial score (nSPS) is 10.2. The van der Waals surface area contributed by atoms with E-state index in [1.165, 1.54) is 16.7 Å². The van der Waals surface area contributed by atoms with E-state index in [0.29, 0.717) is 0 Å². The van der Waals surface area contributed by atoms with E-state index in [4.69, 9.17) is 5.11 Å². The van der Waals surface area contributed by atoms with Crippen molar-refractivity contribution in [3.05, 3.63) is 58.5 Å². The number of benzene rings is 1. The molecule has 1 heterocycles. The Labute approximate surface area is 87.2 Å². The summed E-state index contributed by atoms with van der Waals surface area (Å²) in [4.78, 5) is 11.6. The van der Waals surface area contributed by atoms with Crippen LogP contribution >= 0.6 is 0 Å². The van der Waals surface area contributed by atoms with E-state index in [1.807, 2.05) is 31.2 Å². The topological polar surface area (TPSA) is 42.2 Å². The molecule has 1 N–H and O–H groups in total. The Morgan fingerprint density at radius 3 is 2.67 bits per heavy atom. The van der Waals surface area contributed by atoms with Crippen LogP contribution in [0.15, 0.2) is 47.4 Å². The molecule has 15 heavy (non-hydrogen) atoms. The second kappa shape index (κ2) is 3.61. The van der Waals surface area contributed by atoms with Crippen LogP contribution in [0.25, 0.3) is 5.69 Å². The largest absolute Gasteiger partial charge is 0.508 e. The van der Waals surface area contributed by atoms with Gasteiger partial charge in [-0.1, -0.05) is 12.1 Å². The fraction of sp³-hybridized carbons (Fsp3) is 0.0833. The van der Waals surface area contributed by atoms with Gasteiger partial charge < -0.3 is 5.11 Å². The third kappa shape index (κ3) is 1.91. The molecule has 2 rings (SSSR count). The average molecular weight is 201 g/mol. The number of nitrogens with zero attached hydrogens (tertiary/aromatic N) is 1. The van der Waals surface area contributed by atoms with E-state index in [0.717, 1.165) is 11.3 Å². The van der Waals surface area contributed by atoms with Crippen LogP contribution in [0, 0.1) is 6.92 Å². The van der Waals surface area contributed by atoms with Crippen LogP contribution in [-0.2, 0) is 0 Å². The van der Waals surface area contributed by atoms with Gasteiger partial charge in [0.15, 0.2) is 0 Å². The van der Waals surface area contributed by atoms with Crippen LogP contribution in [0.4, 0.5) is 0 Å². The van der Waals surface area contributed by atoms with Gasteiger partial charge in [0.1, 0.15) is 5.75 Å². The van der Waals surface area contributed by atoms with Crippen molar-refractivity contribution in [2.24, 2.45) is 0 Å². The number of aromatic hydroxyl groups is 1. The Balaban J connectivity index is 2.59. The van der Waals surface area contributed by atoms with Gasteiger partial charge in [0.2, 0.25) is 0 Å². The molecular formula is C12H11NO2. The summed E-state index contributed by atoms with van der Waals surface area (Å²) in [5, 5.41) is 9.13. The molecule has 0 aliphatic rings. The molecule has 0 saturated carbocycles. The van der Waals surface area contributed by atoms with Crippen molar-refractivity contribution >= 4 is 0 Å². The predicted molar refractivity (Wildman–Crippen MR) is 58.4 cm³/mol. The van der Waals surface area contributed by atoms with Gasteiger partial charge in [-0.3, -0.25) is 9.36 Å². The molecular weight excluding hydrogens is 190 g/mol. The van der Waals surface area contributed by atoms with Crippen LogP contribution < -0.4 is 5.56 Å². The van der Waals surface area contributed by atoms with E-state index in [-0.39, 0.29) is 11.3 Å². The number of hydrogen-bond donors (Lipinski definition) is 1. The van der Waals surface area contributed by atoms with Crippen LogP contribution in [0.5, 0.6) is 5.75 Å². The van der Waals surface area contributed by atoms with Gasteiger partial charge in [0, 0.05) is 18.0 Å². The highest BCUT2D eigenvalue weighted by atomic mass is 16.3. The lowest BCUT2D eigenvalue weighted by molar-refractivity contribution is 0.473. The van der Waals surface area contributed by atoms with Crippen molar-refractivity contribution in [2.45, 2.75) is 6.92 Å². The van der Waals surface area contributed by atoms with Crippen molar-refractivity contribution in [3.8, 4) is 11.4 Å². The molecule has 0 unspecified atom stereocenters. The molecule has 3 heteroatoms. The van der Waals surface area contributed by atoms with Gasteiger partial charge in [-0.15, -0.1) is 0 Å². The van der Waals surface area contributed by atoms with Gasteiger partial charge in [-0.05, 0) is 30.7 Å². The van der Waals surface area contributed by atoms with Crippen molar-refractivity contribution in [1.29, 1.82) is 0 Å². The van der Waals surface area contributed by atoms with Crippen LogP contribution in [-0.4, -0.2) is 9.67 Å². The third-order valence-electron chi connectivity index (χ3n) is 2.18. The van der Waals surface area contributed by atoms with Crippen LogP contribution in [0.2, 0.25) is 0 Å². The first-order valence-electron chi connectivity index (χ1n) is 4.65. The minimum atomic E-state index is -0.236. The van der Waals surface area contributed by atoms with E-state index in [9.17, 15) is 4.79 Å². The summed E-state index contributed by atoms with van der Waals surface area (Å²) in [7, 11) is 0. The summed E-state index contributed by atoms with van der Waals surface area (Å²) < 4.78 is 1.49. The van der Waals surface area contributed by atoms with Crippen LogP contribution in [0.1, 0.15) is 5.56 Å². The number of aryl methyl sites for hydroxylation is 1. The van der Waals surface area contributed by atoms with Gasteiger partial charge in [0.05, 0.1) is 0 Å². The summed E-state index contributed by atoms with van der Waals surface area (Å²) in [5.41, 5.74) is 1.66. The predicted octanol–water partition coefficient (Wildman–Crippen LogP) is 1.85. The molecule has 1 aromatic heterocycles. The minimum Gasteiger partial charge on any atom is -0.508 e. The maximum atomic E-state index is 11.6. The van der Waals surface area contributed by atoms with E-state index in [2.05, 4.69) is 0 Å². The first kappa shape index (κ1) is 9.52. The second-order valence-electron chi connectivity index (χ2n) is 3.43. The monoisotopic (exact) mass is 201 g/mol. The Hall–Kier alpha value is -2.03. The highest BCUT2D eigenvalue weighted by Crippen LogP contribution is 2.09. The standard InChI is InChI=1S/C12H11NO2/c1-9-3-2-4-10(7-9)13-6-5-11(14)8-12(13)15/h2-8,14H,1H3. The zero-order chi connectivity index (χ0) is 10.8. The third-order valence-corrected chi connectivity index (χ3v) is 2.18. The molecule has 0 aliphatic heterocycles. The lowest BCUT2D eigenvalue weighted by Gasteiger charge is -2.05. The van der Waals surface area contributed by atoms with Gasteiger partial charge in [0.25, 0.3) is 5.56 Å². The maximum absolute atomic E-state index is 11.6. The van der Waals surface area contributed by atoms with Gasteiger partial charge in [-0.25, -0.2) is 0 Å². The smallest absolute Gasteiger partial charge is 0.258 e. The molecule has 0 spiro atoms. The van der Waals surface area contributed by atoms with E-state index >= 15 is 0 Å². The number of hydrogen-bond acceptors (Lipinski definition) is 2. The Morgan fingerprint density at radius 1 is 1.20 bits per heavy atom. The second-order valence-corrected chi connectivity index (χ2v) is 3.43. The lowest BCUT2D eigenvalue weighted by Crippen LogP contribution is -2.15. The first-order valence-corrected chi connectivity index (χ1v) is 4.65. The fourth-order valence-corrected chi connectivity index (χ4v) is 1.46.